The van der Waals surface area contributed by atoms with E-state index in [0.29, 0.717) is 5.69 Å². The number of benzene rings is 1. The van der Waals surface area contributed by atoms with Crippen molar-refractivity contribution >= 4 is 11.7 Å². The van der Waals surface area contributed by atoms with Gasteiger partial charge in [-0.05, 0) is 18.1 Å². The second kappa shape index (κ2) is 4.27. The molecule has 0 radical (unpaired) electrons. The Labute approximate surface area is 124 Å². The van der Waals surface area contributed by atoms with Gasteiger partial charge in [0, 0.05) is 23.4 Å². The molecule has 7 nitrogen and oxygen atoms in total. The van der Waals surface area contributed by atoms with Crippen LogP contribution in [0.15, 0.2) is 16.9 Å². The molecule has 0 bridgehead atoms. The van der Waals surface area contributed by atoms with E-state index in [2.05, 4.69) is 10.3 Å². The Morgan fingerprint density at radius 1 is 1.27 bits per heavy atom. The van der Waals surface area contributed by atoms with Crippen molar-refractivity contribution in [2.45, 2.75) is 13.0 Å². The summed E-state index contributed by atoms with van der Waals surface area (Å²) in [4.78, 5) is 25.5. The molecule has 2 aromatic rings. The van der Waals surface area contributed by atoms with Crippen molar-refractivity contribution in [1.29, 1.82) is 0 Å². The molecule has 0 fully saturated rings. The minimum atomic E-state index is -1.49. The highest BCUT2D eigenvalue weighted by Gasteiger charge is 2.30. The monoisotopic (exact) mass is 300 g/mol. The maximum absolute atomic E-state index is 11.9. The zero-order chi connectivity index (χ0) is 15.4. The number of aromatic amines is 1. The summed E-state index contributed by atoms with van der Waals surface area (Å²) in [5, 5.41) is 22.4. The van der Waals surface area contributed by atoms with Crippen LogP contribution in [-0.2, 0) is 13.0 Å². The van der Waals surface area contributed by atoms with Gasteiger partial charge in [-0.1, -0.05) is 6.07 Å². The molecule has 3 heterocycles. The smallest absolute Gasteiger partial charge is 0.345 e. The molecule has 0 saturated carbocycles. The number of nitrogens with one attached hydrogen (secondary N) is 2. The number of anilines is 1. The molecule has 0 spiro atoms. The summed E-state index contributed by atoms with van der Waals surface area (Å²) in [6.07, 6.45) is 0.862. The summed E-state index contributed by atoms with van der Waals surface area (Å²) in [5.41, 5.74) is 2.65. The van der Waals surface area contributed by atoms with E-state index in [0.717, 1.165) is 35.3 Å². The third-order valence-electron chi connectivity index (χ3n) is 4.11. The first-order valence-corrected chi connectivity index (χ1v) is 6.82. The van der Waals surface area contributed by atoms with Crippen molar-refractivity contribution in [1.82, 2.24) is 4.98 Å². The second-order valence-corrected chi connectivity index (χ2v) is 5.27. The summed E-state index contributed by atoms with van der Waals surface area (Å²) in [5.74, 6) is -2.11. The van der Waals surface area contributed by atoms with Crippen molar-refractivity contribution in [3.05, 3.63) is 39.2 Å². The second-order valence-electron chi connectivity index (χ2n) is 5.27. The lowest BCUT2D eigenvalue weighted by Gasteiger charge is -2.23. The molecule has 4 rings (SSSR count). The molecular weight excluding hydrogens is 288 g/mol. The lowest BCUT2D eigenvalue weighted by atomic mass is 9.94. The predicted octanol–water partition coefficient (Wildman–Crippen LogP) is 1.31. The lowest BCUT2D eigenvalue weighted by Crippen LogP contribution is -2.21. The number of pyridine rings is 1. The van der Waals surface area contributed by atoms with Gasteiger partial charge in [0.25, 0.3) is 5.56 Å². The zero-order valence-electron chi connectivity index (χ0n) is 11.4. The number of fused-ring (bicyclic) bond motifs is 5. The molecule has 4 N–H and O–H groups in total. The van der Waals surface area contributed by atoms with Crippen LogP contribution in [0.2, 0.25) is 0 Å². The van der Waals surface area contributed by atoms with Gasteiger partial charge in [-0.2, -0.15) is 0 Å². The Morgan fingerprint density at radius 2 is 2.09 bits per heavy atom. The quantitative estimate of drug-likeness (QED) is 0.632. The molecule has 112 valence electrons. The molecule has 2 aliphatic heterocycles. The molecular formula is C15H12N2O5. The number of aromatic hydroxyl groups is 1. The van der Waals surface area contributed by atoms with E-state index >= 15 is 0 Å². The molecule has 7 heteroatoms. The summed E-state index contributed by atoms with van der Waals surface area (Å²) in [6, 6.07) is 3.75. The summed E-state index contributed by atoms with van der Waals surface area (Å²) in [6.45, 7) is 1.07. The van der Waals surface area contributed by atoms with E-state index in [1.54, 1.807) is 0 Å². The molecule has 2 aliphatic rings. The third kappa shape index (κ3) is 1.56. The van der Waals surface area contributed by atoms with Crippen LogP contribution in [0, 0.1) is 0 Å². The Bertz CT molecular complexity index is 884. The number of ether oxygens (including phenoxy) is 1. The molecule has 1 aromatic carbocycles. The Kier molecular flexibility index (Phi) is 2.47. The largest absolute Gasteiger partial charge is 0.503 e. The van der Waals surface area contributed by atoms with Gasteiger partial charge in [-0.15, -0.1) is 0 Å². The maximum atomic E-state index is 11.9. The Morgan fingerprint density at radius 3 is 2.86 bits per heavy atom. The minimum Gasteiger partial charge on any atom is -0.503 e. The van der Waals surface area contributed by atoms with E-state index in [4.69, 9.17) is 9.84 Å². The Balaban J connectivity index is 2.01. The van der Waals surface area contributed by atoms with Gasteiger partial charge in [-0.3, -0.25) is 4.79 Å². The number of hydrogen-bond donors (Lipinski definition) is 4. The predicted molar refractivity (Wildman–Crippen MR) is 77.6 cm³/mol. The van der Waals surface area contributed by atoms with Crippen LogP contribution in [0.4, 0.5) is 5.69 Å². The van der Waals surface area contributed by atoms with Crippen LogP contribution in [0.25, 0.3) is 11.3 Å². The van der Waals surface area contributed by atoms with Crippen molar-refractivity contribution in [2.24, 2.45) is 0 Å². The van der Waals surface area contributed by atoms with Crippen LogP contribution in [0.3, 0.4) is 0 Å². The van der Waals surface area contributed by atoms with Crippen LogP contribution in [0.1, 0.15) is 21.5 Å². The molecule has 22 heavy (non-hydrogen) atoms. The van der Waals surface area contributed by atoms with E-state index in [1.807, 2.05) is 12.1 Å². The van der Waals surface area contributed by atoms with Gasteiger partial charge >= 0.3 is 5.97 Å². The Hall–Kier alpha value is -2.96. The van der Waals surface area contributed by atoms with Crippen LogP contribution in [-0.4, -0.2) is 27.7 Å². The molecule has 0 unspecified atom stereocenters. The SMILES string of the molecule is O=C(O)c1c(O)c2c([nH]c1=O)-c1ccc3c(c1CO2)CCN3. The fourth-order valence-corrected chi connectivity index (χ4v) is 3.11. The van der Waals surface area contributed by atoms with Gasteiger partial charge in [0.2, 0.25) is 0 Å². The number of aromatic carboxylic acids is 1. The molecule has 1 aromatic heterocycles. The first kappa shape index (κ1) is 12.8. The van der Waals surface area contributed by atoms with Gasteiger partial charge in [-0.25, -0.2) is 4.79 Å². The average Bonchev–Trinajstić information content (AvgIpc) is 2.95. The third-order valence-corrected chi connectivity index (χ3v) is 4.11. The number of aromatic nitrogens is 1. The fraction of sp³-hybridized carbons (Fsp3) is 0.200. The topological polar surface area (TPSA) is 112 Å². The summed E-state index contributed by atoms with van der Waals surface area (Å²) >= 11 is 0. The number of hydrogen-bond acceptors (Lipinski definition) is 5. The molecule has 0 aliphatic carbocycles. The standard InChI is InChI=1S/C15H12N2O5/c18-12-10(15(20)21)14(19)17-11-7-1-2-9-6(3-4-16-9)8(7)5-22-13(11)12/h1-2,16H,3-5H2,(H,20,21)(H2,17,18,19). The van der Waals surface area contributed by atoms with E-state index in [1.165, 1.54) is 0 Å². The zero-order valence-corrected chi connectivity index (χ0v) is 11.4. The highest BCUT2D eigenvalue weighted by atomic mass is 16.5. The van der Waals surface area contributed by atoms with Crippen molar-refractivity contribution < 1.29 is 19.7 Å². The first-order valence-electron chi connectivity index (χ1n) is 6.82. The van der Waals surface area contributed by atoms with E-state index in [9.17, 15) is 14.7 Å². The van der Waals surface area contributed by atoms with Crippen LogP contribution >= 0.6 is 0 Å². The molecule has 0 amide bonds. The van der Waals surface area contributed by atoms with Crippen molar-refractivity contribution in [3.63, 3.8) is 0 Å². The number of rotatable bonds is 1. The van der Waals surface area contributed by atoms with Gasteiger partial charge in [0.1, 0.15) is 6.61 Å². The number of carbonyl (C=O) groups is 1. The van der Waals surface area contributed by atoms with E-state index in [-0.39, 0.29) is 12.4 Å². The average molecular weight is 300 g/mol. The highest BCUT2D eigenvalue weighted by Crippen LogP contribution is 2.44. The number of carboxylic acid groups (broad SMARTS) is 1. The molecule has 0 saturated heterocycles. The van der Waals surface area contributed by atoms with Gasteiger partial charge < -0.3 is 25.3 Å². The minimum absolute atomic E-state index is 0.00964. The van der Waals surface area contributed by atoms with Crippen LogP contribution in [0.5, 0.6) is 11.5 Å². The fourth-order valence-electron chi connectivity index (χ4n) is 3.11. The number of H-pyrrole nitrogens is 1. The molecule has 0 atom stereocenters. The lowest BCUT2D eigenvalue weighted by molar-refractivity contribution is 0.0690. The normalized spacial score (nSPS) is 14.4. The highest BCUT2D eigenvalue weighted by molar-refractivity contribution is 5.93. The maximum Gasteiger partial charge on any atom is 0.345 e. The van der Waals surface area contributed by atoms with Crippen LogP contribution < -0.4 is 15.6 Å². The number of carboxylic acids is 1. The van der Waals surface area contributed by atoms with Gasteiger partial charge in [0.15, 0.2) is 17.1 Å². The van der Waals surface area contributed by atoms with Crippen molar-refractivity contribution in [2.75, 3.05) is 11.9 Å². The van der Waals surface area contributed by atoms with Crippen molar-refractivity contribution in [3.8, 4) is 22.8 Å². The van der Waals surface area contributed by atoms with Gasteiger partial charge in [0.05, 0.1) is 5.69 Å². The summed E-state index contributed by atoms with van der Waals surface area (Å²) < 4.78 is 5.54. The van der Waals surface area contributed by atoms with E-state index < -0.39 is 22.8 Å². The first-order chi connectivity index (χ1) is 10.6. The summed E-state index contributed by atoms with van der Waals surface area (Å²) in [7, 11) is 0.